The number of imidazole rings is 1. The molecule has 3 aromatic rings. The molecule has 1 amide bonds. The van der Waals surface area contributed by atoms with E-state index in [0.29, 0.717) is 24.1 Å². The second kappa shape index (κ2) is 6.17. The Morgan fingerprint density at radius 2 is 2.08 bits per heavy atom. The molecule has 0 saturated heterocycles. The number of benzene rings is 1. The van der Waals surface area contributed by atoms with Crippen molar-refractivity contribution in [2.45, 2.75) is 24.8 Å². The molecule has 1 aromatic carbocycles. The van der Waals surface area contributed by atoms with Gasteiger partial charge in [-0.1, -0.05) is 0 Å². The molecule has 7 heteroatoms. The predicted molar refractivity (Wildman–Crippen MR) is 93.1 cm³/mol. The van der Waals surface area contributed by atoms with Gasteiger partial charge in [0.05, 0.1) is 5.69 Å². The van der Waals surface area contributed by atoms with E-state index < -0.39 is 11.6 Å². The summed E-state index contributed by atoms with van der Waals surface area (Å²) >= 11 is 0. The van der Waals surface area contributed by atoms with Gasteiger partial charge >= 0.3 is 0 Å². The third-order valence-corrected chi connectivity index (χ3v) is 5.01. The van der Waals surface area contributed by atoms with E-state index in [1.54, 1.807) is 25.4 Å². The number of fused-ring (bicyclic) bond motifs is 3. The number of aromatic nitrogens is 2. The van der Waals surface area contributed by atoms with Crippen LogP contribution in [0.1, 0.15) is 33.2 Å². The van der Waals surface area contributed by atoms with E-state index in [1.165, 1.54) is 6.07 Å². The molecule has 2 atom stereocenters. The Kier molecular flexibility index (Phi) is 3.96. The van der Waals surface area contributed by atoms with Crippen molar-refractivity contribution in [3.8, 4) is 0 Å². The Balaban J connectivity index is 1.76. The maximum Gasteiger partial charge on any atom is 0.251 e. The van der Waals surface area contributed by atoms with Gasteiger partial charge in [-0.3, -0.25) is 4.79 Å². The van der Waals surface area contributed by atoms with Crippen molar-refractivity contribution in [3.05, 3.63) is 70.7 Å². The maximum absolute atomic E-state index is 14.2. The zero-order valence-electron chi connectivity index (χ0n) is 14.2. The summed E-state index contributed by atoms with van der Waals surface area (Å²) < 4.78 is 29.7. The number of rotatable bonds is 2. The Morgan fingerprint density at radius 1 is 1.27 bits per heavy atom. The second-order valence-corrected chi connectivity index (χ2v) is 6.57. The SMILES string of the molecule is CNC(=O)c1ccn2c3c(nc2c1)CC(c1cc(F)ccc1F)C(N)C3. The van der Waals surface area contributed by atoms with Crippen molar-refractivity contribution >= 4 is 11.6 Å². The molecule has 5 nitrogen and oxygen atoms in total. The molecular formula is C19H18F2N4O. The first-order valence-corrected chi connectivity index (χ1v) is 8.40. The van der Waals surface area contributed by atoms with E-state index in [1.807, 2.05) is 4.40 Å². The molecule has 1 aliphatic rings. The van der Waals surface area contributed by atoms with Gasteiger partial charge in [0, 0.05) is 42.9 Å². The first kappa shape index (κ1) is 16.7. The van der Waals surface area contributed by atoms with Crippen LogP contribution in [0, 0.1) is 11.6 Å². The lowest BCUT2D eigenvalue weighted by atomic mass is 9.80. The Labute approximate surface area is 148 Å². The zero-order chi connectivity index (χ0) is 18.4. The smallest absolute Gasteiger partial charge is 0.251 e. The van der Waals surface area contributed by atoms with Crippen LogP contribution in [0.3, 0.4) is 0 Å². The van der Waals surface area contributed by atoms with Crippen molar-refractivity contribution < 1.29 is 13.6 Å². The van der Waals surface area contributed by atoms with E-state index in [4.69, 9.17) is 5.73 Å². The van der Waals surface area contributed by atoms with Gasteiger partial charge in [-0.25, -0.2) is 13.8 Å². The van der Waals surface area contributed by atoms with Crippen molar-refractivity contribution in [3.63, 3.8) is 0 Å². The zero-order valence-corrected chi connectivity index (χ0v) is 14.2. The van der Waals surface area contributed by atoms with Crippen molar-refractivity contribution in [2.24, 2.45) is 5.73 Å². The number of hydrogen-bond acceptors (Lipinski definition) is 3. The molecule has 2 heterocycles. The lowest BCUT2D eigenvalue weighted by Gasteiger charge is -2.29. The number of halogens is 2. The summed E-state index contributed by atoms with van der Waals surface area (Å²) in [4.78, 5) is 16.4. The van der Waals surface area contributed by atoms with E-state index >= 15 is 0 Å². The Morgan fingerprint density at radius 3 is 2.85 bits per heavy atom. The quantitative estimate of drug-likeness (QED) is 0.739. The lowest BCUT2D eigenvalue weighted by molar-refractivity contribution is 0.0963. The molecule has 134 valence electrons. The fraction of sp³-hybridized carbons (Fsp3) is 0.263. The van der Waals surface area contributed by atoms with Crippen LogP contribution in [0.15, 0.2) is 36.5 Å². The van der Waals surface area contributed by atoms with Gasteiger partial charge in [0.1, 0.15) is 17.3 Å². The molecule has 0 saturated carbocycles. The fourth-order valence-corrected chi connectivity index (χ4v) is 3.67. The average molecular weight is 356 g/mol. The van der Waals surface area contributed by atoms with Gasteiger partial charge in [-0.15, -0.1) is 0 Å². The standard InChI is InChI=1S/C19H18F2N4O/c1-23-19(26)10-4-5-25-17-9-15(22)13(8-16(17)24-18(25)6-10)12-7-11(20)2-3-14(12)21/h2-7,13,15H,8-9,22H2,1H3,(H,23,26). The molecule has 0 aliphatic heterocycles. The lowest BCUT2D eigenvalue weighted by Crippen LogP contribution is -2.36. The molecule has 2 unspecified atom stereocenters. The van der Waals surface area contributed by atoms with Crippen LogP contribution in [-0.4, -0.2) is 28.4 Å². The molecule has 3 N–H and O–H groups in total. The molecule has 1 aliphatic carbocycles. The van der Waals surface area contributed by atoms with Gasteiger partial charge in [-0.2, -0.15) is 0 Å². The van der Waals surface area contributed by atoms with E-state index in [-0.39, 0.29) is 23.4 Å². The monoisotopic (exact) mass is 356 g/mol. The highest BCUT2D eigenvalue weighted by Gasteiger charge is 2.32. The molecule has 26 heavy (non-hydrogen) atoms. The molecule has 0 radical (unpaired) electrons. The molecular weight excluding hydrogens is 338 g/mol. The minimum atomic E-state index is -0.482. The summed E-state index contributed by atoms with van der Waals surface area (Å²) in [6.07, 6.45) is 2.71. The molecule has 4 rings (SSSR count). The minimum absolute atomic E-state index is 0.190. The molecule has 2 aromatic heterocycles. The van der Waals surface area contributed by atoms with Gasteiger partial charge < -0.3 is 15.5 Å². The Hall–Kier alpha value is -2.80. The number of pyridine rings is 1. The third kappa shape index (κ3) is 2.64. The van der Waals surface area contributed by atoms with Crippen LogP contribution in [0.2, 0.25) is 0 Å². The first-order valence-electron chi connectivity index (χ1n) is 8.40. The van der Waals surface area contributed by atoms with Crippen molar-refractivity contribution in [1.82, 2.24) is 14.7 Å². The van der Waals surface area contributed by atoms with Crippen LogP contribution in [0.4, 0.5) is 8.78 Å². The number of carbonyl (C=O) groups excluding carboxylic acids is 1. The fourth-order valence-electron chi connectivity index (χ4n) is 3.67. The largest absolute Gasteiger partial charge is 0.355 e. The van der Waals surface area contributed by atoms with Crippen LogP contribution in [0.25, 0.3) is 5.65 Å². The molecule has 0 bridgehead atoms. The highest BCUT2D eigenvalue weighted by Crippen LogP contribution is 2.34. The summed E-state index contributed by atoms with van der Waals surface area (Å²) in [5.41, 5.74) is 9.49. The van der Waals surface area contributed by atoms with E-state index in [9.17, 15) is 13.6 Å². The van der Waals surface area contributed by atoms with Crippen LogP contribution >= 0.6 is 0 Å². The highest BCUT2D eigenvalue weighted by molar-refractivity contribution is 5.94. The predicted octanol–water partition coefficient (Wildman–Crippen LogP) is 2.18. The van der Waals surface area contributed by atoms with E-state index in [0.717, 1.165) is 23.5 Å². The number of carbonyl (C=O) groups is 1. The minimum Gasteiger partial charge on any atom is -0.355 e. The summed E-state index contributed by atoms with van der Waals surface area (Å²) in [7, 11) is 1.57. The van der Waals surface area contributed by atoms with Gasteiger partial charge in [0.25, 0.3) is 5.91 Å². The Bertz CT molecular complexity index is 1010. The van der Waals surface area contributed by atoms with Crippen LogP contribution in [-0.2, 0) is 12.8 Å². The van der Waals surface area contributed by atoms with Gasteiger partial charge in [0.2, 0.25) is 0 Å². The van der Waals surface area contributed by atoms with Crippen LogP contribution in [0.5, 0.6) is 0 Å². The number of hydrogen-bond donors (Lipinski definition) is 2. The van der Waals surface area contributed by atoms with E-state index in [2.05, 4.69) is 10.3 Å². The topological polar surface area (TPSA) is 72.4 Å². The number of amides is 1. The van der Waals surface area contributed by atoms with Crippen molar-refractivity contribution in [1.29, 1.82) is 0 Å². The van der Waals surface area contributed by atoms with Gasteiger partial charge in [-0.05, 0) is 42.3 Å². The summed E-state index contributed by atoms with van der Waals surface area (Å²) in [6, 6.07) is 6.52. The summed E-state index contributed by atoms with van der Waals surface area (Å²) in [5, 5.41) is 2.58. The average Bonchev–Trinajstić information content (AvgIpc) is 2.99. The van der Waals surface area contributed by atoms with Crippen molar-refractivity contribution in [2.75, 3.05) is 7.05 Å². The third-order valence-electron chi connectivity index (χ3n) is 5.01. The number of nitrogens with one attached hydrogen (secondary N) is 1. The first-order chi connectivity index (χ1) is 12.5. The molecule has 0 fully saturated rings. The van der Waals surface area contributed by atoms with Gasteiger partial charge in [0.15, 0.2) is 0 Å². The summed E-state index contributed by atoms with van der Waals surface area (Å²) in [5.74, 6) is -1.48. The number of nitrogens with zero attached hydrogens (tertiary/aromatic N) is 2. The highest BCUT2D eigenvalue weighted by atomic mass is 19.1. The van der Waals surface area contributed by atoms with Crippen LogP contribution < -0.4 is 11.1 Å². The number of nitrogens with two attached hydrogens (primary N) is 1. The summed E-state index contributed by atoms with van der Waals surface area (Å²) in [6.45, 7) is 0. The maximum atomic E-state index is 14.2. The normalized spacial score (nSPS) is 19.4. The molecule has 0 spiro atoms. The second-order valence-electron chi connectivity index (χ2n) is 6.57.